The van der Waals surface area contributed by atoms with Crippen molar-refractivity contribution in [1.29, 1.82) is 0 Å². The van der Waals surface area contributed by atoms with E-state index in [-0.39, 0.29) is 11.9 Å². The van der Waals surface area contributed by atoms with Crippen molar-refractivity contribution in [3.05, 3.63) is 66.0 Å². The fraction of sp³-hybridized carbons (Fsp3) is 0.364. The topological polar surface area (TPSA) is 73.1 Å². The molecule has 7 nitrogen and oxygen atoms in total. The van der Waals surface area contributed by atoms with Gasteiger partial charge in [0.15, 0.2) is 0 Å². The molecule has 1 amide bonds. The molecule has 0 radical (unpaired) electrons. The predicted molar refractivity (Wildman–Crippen MR) is 109 cm³/mol. The number of tetrazole rings is 1. The summed E-state index contributed by atoms with van der Waals surface area (Å²) in [5, 5.41) is 11.2. The molecule has 0 bridgehead atoms. The minimum atomic E-state index is 0.101. The smallest absolute Gasteiger partial charge is 0.254 e. The number of aromatic nitrogens is 4. The first-order valence-corrected chi connectivity index (χ1v) is 10.0. The molecular formula is C22H25N5O2. The van der Waals surface area contributed by atoms with E-state index in [9.17, 15) is 4.79 Å². The number of amides is 1. The lowest BCUT2D eigenvalue weighted by Gasteiger charge is -2.36. The molecule has 150 valence electrons. The minimum Gasteiger partial charge on any atom is -0.497 e. The summed E-state index contributed by atoms with van der Waals surface area (Å²) < 4.78 is 6.90. The zero-order valence-electron chi connectivity index (χ0n) is 16.6. The summed E-state index contributed by atoms with van der Waals surface area (Å²) in [7, 11) is 1.69. The Morgan fingerprint density at radius 3 is 2.79 bits per heavy atom. The summed E-state index contributed by atoms with van der Waals surface area (Å²) in [6.07, 6.45) is 6.72. The standard InChI is InChI=1S/C22H25N5O2/c1-29-21-7-4-5-17(15-21)8-11-19-6-2-3-14-26(19)22(28)18-9-12-20(13-10-18)27-16-23-24-25-27/h4-5,7,9-10,12-13,15-16,19H,2-3,6,8,11,14H2,1H3. The van der Waals surface area contributed by atoms with Crippen LogP contribution in [0.3, 0.4) is 0 Å². The molecule has 1 fully saturated rings. The van der Waals surface area contributed by atoms with Crippen molar-refractivity contribution in [2.75, 3.05) is 13.7 Å². The molecule has 1 atom stereocenters. The van der Waals surface area contributed by atoms with E-state index in [0.29, 0.717) is 5.56 Å². The Morgan fingerprint density at radius 2 is 2.03 bits per heavy atom. The molecular weight excluding hydrogens is 366 g/mol. The third-order valence-corrected chi connectivity index (χ3v) is 5.52. The number of nitrogens with zero attached hydrogens (tertiary/aromatic N) is 5. The first kappa shape index (κ1) is 19.1. The summed E-state index contributed by atoms with van der Waals surface area (Å²) in [4.78, 5) is 15.2. The number of methoxy groups -OCH3 is 1. The van der Waals surface area contributed by atoms with Crippen LogP contribution in [0, 0.1) is 0 Å². The second-order valence-electron chi connectivity index (χ2n) is 7.34. The highest BCUT2D eigenvalue weighted by Crippen LogP contribution is 2.24. The van der Waals surface area contributed by atoms with Crippen molar-refractivity contribution in [3.8, 4) is 11.4 Å². The third kappa shape index (κ3) is 4.45. The summed E-state index contributed by atoms with van der Waals surface area (Å²) in [6, 6.07) is 15.9. The normalized spacial score (nSPS) is 16.6. The Bertz CT molecular complexity index is 940. The Kier molecular flexibility index (Phi) is 5.84. The van der Waals surface area contributed by atoms with Crippen molar-refractivity contribution in [1.82, 2.24) is 25.1 Å². The molecule has 1 unspecified atom stereocenters. The fourth-order valence-electron chi connectivity index (χ4n) is 3.93. The summed E-state index contributed by atoms with van der Waals surface area (Å²) in [6.45, 7) is 0.816. The molecule has 7 heteroatoms. The van der Waals surface area contributed by atoms with Gasteiger partial charge in [-0.25, -0.2) is 4.68 Å². The van der Waals surface area contributed by atoms with Crippen LogP contribution in [0.1, 0.15) is 41.6 Å². The maximum Gasteiger partial charge on any atom is 0.254 e. The van der Waals surface area contributed by atoms with Gasteiger partial charge in [-0.2, -0.15) is 0 Å². The third-order valence-electron chi connectivity index (χ3n) is 5.52. The van der Waals surface area contributed by atoms with Gasteiger partial charge in [0, 0.05) is 18.2 Å². The van der Waals surface area contributed by atoms with Crippen molar-refractivity contribution in [2.45, 2.75) is 38.1 Å². The minimum absolute atomic E-state index is 0.101. The van der Waals surface area contributed by atoms with Crippen LogP contribution < -0.4 is 4.74 Å². The van der Waals surface area contributed by atoms with Crippen molar-refractivity contribution in [3.63, 3.8) is 0 Å². The lowest BCUT2D eigenvalue weighted by molar-refractivity contribution is 0.0602. The average molecular weight is 391 g/mol. The van der Waals surface area contributed by atoms with E-state index in [2.05, 4.69) is 32.6 Å². The Morgan fingerprint density at radius 1 is 1.17 bits per heavy atom. The van der Waals surface area contributed by atoms with Crippen LogP contribution in [0.2, 0.25) is 0 Å². The molecule has 0 N–H and O–H groups in total. The number of hydrogen-bond acceptors (Lipinski definition) is 5. The number of aryl methyl sites for hydroxylation is 1. The molecule has 29 heavy (non-hydrogen) atoms. The second-order valence-corrected chi connectivity index (χ2v) is 7.34. The maximum absolute atomic E-state index is 13.2. The van der Waals surface area contributed by atoms with Crippen LogP contribution >= 0.6 is 0 Å². The van der Waals surface area contributed by atoms with Gasteiger partial charge in [-0.3, -0.25) is 4.79 Å². The first-order chi connectivity index (χ1) is 14.2. The summed E-state index contributed by atoms with van der Waals surface area (Å²) in [5.41, 5.74) is 2.78. The van der Waals surface area contributed by atoms with Crippen LogP contribution in [0.25, 0.3) is 5.69 Å². The molecule has 1 aromatic heterocycles. The van der Waals surface area contributed by atoms with Gasteiger partial charge < -0.3 is 9.64 Å². The highest BCUT2D eigenvalue weighted by Gasteiger charge is 2.27. The number of hydrogen-bond donors (Lipinski definition) is 0. The molecule has 0 spiro atoms. The van der Waals surface area contributed by atoms with E-state index in [4.69, 9.17) is 4.74 Å². The zero-order chi connectivity index (χ0) is 20.1. The highest BCUT2D eigenvalue weighted by atomic mass is 16.5. The number of rotatable bonds is 6. The predicted octanol–water partition coefficient (Wildman–Crippen LogP) is 3.30. The summed E-state index contributed by atoms with van der Waals surface area (Å²) in [5.74, 6) is 0.977. The van der Waals surface area contributed by atoms with Gasteiger partial charge in [-0.15, -0.1) is 5.10 Å². The maximum atomic E-state index is 13.2. The monoisotopic (exact) mass is 391 g/mol. The Balaban J connectivity index is 1.44. The van der Waals surface area contributed by atoms with Crippen molar-refractivity contribution < 1.29 is 9.53 Å². The highest BCUT2D eigenvalue weighted by molar-refractivity contribution is 5.94. The fourth-order valence-corrected chi connectivity index (χ4v) is 3.93. The number of likely N-dealkylation sites (tertiary alicyclic amines) is 1. The first-order valence-electron chi connectivity index (χ1n) is 10.0. The molecule has 2 heterocycles. The van der Waals surface area contributed by atoms with Gasteiger partial charge in [0.05, 0.1) is 12.8 Å². The lowest BCUT2D eigenvalue weighted by atomic mass is 9.95. The van der Waals surface area contributed by atoms with Crippen molar-refractivity contribution in [2.24, 2.45) is 0 Å². The molecule has 0 aliphatic carbocycles. The van der Waals surface area contributed by atoms with Gasteiger partial charge in [-0.1, -0.05) is 12.1 Å². The van der Waals surface area contributed by atoms with Gasteiger partial charge in [-0.05, 0) is 84.5 Å². The Hall–Kier alpha value is -3.22. The van der Waals surface area contributed by atoms with E-state index in [0.717, 1.165) is 43.7 Å². The molecule has 2 aromatic carbocycles. The number of ether oxygens (including phenoxy) is 1. The van der Waals surface area contributed by atoms with Gasteiger partial charge in [0.1, 0.15) is 12.1 Å². The number of carbonyl (C=O) groups is 1. The SMILES string of the molecule is COc1cccc(CCC2CCCCN2C(=O)c2ccc(-n3cnnn3)cc2)c1. The van der Waals surface area contributed by atoms with Gasteiger partial charge >= 0.3 is 0 Å². The lowest BCUT2D eigenvalue weighted by Crippen LogP contribution is -2.44. The number of carbonyl (C=O) groups excluding carboxylic acids is 1. The molecule has 4 rings (SSSR count). The van der Waals surface area contributed by atoms with Crippen LogP contribution in [-0.4, -0.2) is 50.7 Å². The van der Waals surface area contributed by atoms with Crippen LogP contribution in [0.15, 0.2) is 54.9 Å². The van der Waals surface area contributed by atoms with Crippen molar-refractivity contribution >= 4 is 5.91 Å². The van der Waals surface area contributed by atoms with E-state index < -0.39 is 0 Å². The van der Waals surface area contributed by atoms with Crippen LogP contribution in [-0.2, 0) is 6.42 Å². The average Bonchev–Trinajstić information content (AvgIpc) is 3.33. The molecule has 1 saturated heterocycles. The number of benzene rings is 2. The van der Waals surface area contributed by atoms with Crippen LogP contribution in [0.4, 0.5) is 0 Å². The van der Waals surface area contributed by atoms with E-state index in [1.807, 2.05) is 36.4 Å². The molecule has 0 saturated carbocycles. The van der Waals surface area contributed by atoms with E-state index in [1.165, 1.54) is 18.3 Å². The number of piperidine rings is 1. The quantitative estimate of drug-likeness (QED) is 0.645. The molecule has 3 aromatic rings. The second kappa shape index (κ2) is 8.86. The zero-order valence-corrected chi connectivity index (χ0v) is 16.6. The largest absolute Gasteiger partial charge is 0.497 e. The Labute approximate surface area is 170 Å². The molecule has 1 aliphatic heterocycles. The summed E-state index contributed by atoms with van der Waals surface area (Å²) >= 11 is 0. The van der Waals surface area contributed by atoms with Gasteiger partial charge in [0.25, 0.3) is 5.91 Å². The van der Waals surface area contributed by atoms with Gasteiger partial charge in [0.2, 0.25) is 0 Å². The van der Waals surface area contributed by atoms with E-state index in [1.54, 1.807) is 11.8 Å². The molecule has 1 aliphatic rings. The van der Waals surface area contributed by atoms with E-state index >= 15 is 0 Å². The van der Waals surface area contributed by atoms with Crippen LogP contribution in [0.5, 0.6) is 5.75 Å².